The van der Waals surface area contributed by atoms with E-state index in [0.29, 0.717) is 16.7 Å². The predicted molar refractivity (Wildman–Crippen MR) is 87.4 cm³/mol. The van der Waals surface area contributed by atoms with Gasteiger partial charge in [-0.25, -0.2) is 4.98 Å². The van der Waals surface area contributed by atoms with Crippen molar-refractivity contribution in [2.75, 3.05) is 39.8 Å². The van der Waals surface area contributed by atoms with Gasteiger partial charge in [-0.2, -0.15) is 0 Å². The second kappa shape index (κ2) is 6.85. The molecule has 116 valence electrons. The summed E-state index contributed by atoms with van der Waals surface area (Å²) >= 11 is 3.29. The van der Waals surface area contributed by atoms with Crippen molar-refractivity contribution in [3.8, 4) is 0 Å². The molecule has 0 aliphatic carbocycles. The van der Waals surface area contributed by atoms with Gasteiger partial charge in [-0.3, -0.25) is 9.69 Å². The first-order valence-electron chi connectivity index (χ1n) is 7.22. The minimum absolute atomic E-state index is 0.0405. The number of halogens is 1. The van der Waals surface area contributed by atoms with Crippen LogP contribution >= 0.6 is 15.9 Å². The van der Waals surface area contributed by atoms with E-state index >= 15 is 0 Å². The molecule has 2 heterocycles. The molecule has 21 heavy (non-hydrogen) atoms. The molecule has 0 unspecified atom stereocenters. The smallest absolute Gasteiger partial charge is 0.251 e. The molecule has 5 nitrogen and oxygen atoms in total. The van der Waals surface area contributed by atoms with Gasteiger partial charge in [0, 0.05) is 50.0 Å². The van der Waals surface area contributed by atoms with Crippen LogP contribution < -0.4 is 5.32 Å². The fraction of sp³-hybridized carbons (Fsp3) is 0.600. The van der Waals surface area contributed by atoms with Gasteiger partial charge < -0.3 is 10.2 Å². The quantitative estimate of drug-likeness (QED) is 0.834. The number of aromatic nitrogens is 1. The molecule has 1 aliphatic rings. The standard InChI is InChI=1S/C15H23BrN4O/c1-15(2,20-8-6-19(3)7-9-20)11-18-14(21)12-4-5-17-13(16)10-12/h4-5,10H,6-9,11H2,1-3H3,(H,18,21). The molecule has 6 heteroatoms. The number of nitrogens with zero attached hydrogens (tertiary/aromatic N) is 3. The zero-order valence-corrected chi connectivity index (χ0v) is 14.5. The number of hydrogen-bond acceptors (Lipinski definition) is 4. The Labute approximate surface area is 134 Å². The zero-order chi connectivity index (χ0) is 15.5. The lowest BCUT2D eigenvalue weighted by Crippen LogP contribution is -2.57. The van der Waals surface area contributed by atoms with E-state index in [1.165, 1.54) is 0 Å². The van der Waals surface area contributed by atoms with Gasteiger partial charge in [0.05, 0.1) is 0 Å². The number of likely N-dealkylation sites (N-methyl/N-ethyl adjacent to an activating group) is 1. The summed E-state index contributed by atoms with van der Waals surface area (Å²) in [5, 5.41) is 3.03. The second-order valence-corrected chi connectivity index (χ2v) is 6.97. The van der Waals surface area contributed by atoms with Crippen molar-refractivity contribution in [1.29, 1.82) is 0 Å². The van der Waals surface area contributed by atoms with Crippen LogP contribution in [0.4, 0.5) is 0 Å². The van der Waals surface area contributed by atoms with Gasteiger partial charge in [0.2, 0.25) is 0 Å². The summed E-state index contributed by atoms with van der Waals surface area (Å²) in [6.07, 6.45) is 1.63. The number of rotatable bonds is 4. The van der Waals surface area contributed by atoms with Crippen molar-refractivity contribution in [3.05, 3.63) is 28.5 Å². The molecule has 1 fully saturated rings. The molecule has 0 radical (unpaired) electrons. The van der Waals surface area contributed by atoms with Crippen LogP contribution in [-0.2, 0) is 0 Å². The average molecular weight is 355 g/mol. The van der Waals surface area contributed by atoms with Crippen LogP contribution in [0, 0.1) is 0 Å². The predicted octanol–water partition coefficient (Wildman–Crippen LogP) is 1.60. The van der Waals surface area contributed by atoms with Crippen LogP contribution in [0.1, 0.15) is 24.2 Å². The van der Waals surface area contributed by atoms with Gasteiger partial charge in [0.1, 0.15) is 4.60 Å². The van der Waals surface area contributed by atoms with Crippen molar-refractivity contribution >= 4 is 21.8 Å². The molecule has 0 saturated carbocycles. The first-order valence-corrected chi connectivity index (χ1v) is 8.01. The van der Waals surface area contributed by atoms with Gasteiger partial charge in [0.25, 0.3) is 5.91 Å². The first-order chi connectivity index (χ1) is 9.88. The Hall–Kier alpha value is -0.980. The van der Waals surface area contributed by atoms with Crippen LogP contribution in [-0.4, -0.2) is 66.0 Å². The number of pyridine rings is 1. The fourth-order valence-corrected chi connectivity index (χ4v) is 2.83. The highest BCUT2D eigenvalue weighted by Gasteiger charge is 2.29. The first kappa shape index (κ1) is 16.4. The van der Waals surface area contributed by atoms with E-state index in [1.807, 2.05) is 0 Å². The highest BCUT2D eigenvalue weighted by Crippen LogP contribution is 2.16. The Morgan fingerprint density at radius 3 is 2.67 bits per heavy atom. The third-order valence-electron chi connectivity index (χ3n) is 4.03. The number of amides is 1. The van der Waals surface area contributed by atoms with E-state index < -0.39 is 0 Å². The fourth-order valence-electron chi connectivity index (χ4n) is 2.47. The van der Waals surface area contributed by atoms with Gasteiger partial charge in [-0.15, -0.1) is 0 Å². The maximum absolute atomic E-state index is 12.2. The molecule has 1 saturated heterocycles. The lowest BCUT2D eigenvalue weighted by atomic mass is 10.0. The van der Waals surface area contributed by atoms with E-state index in [4.69, 9.17) is 0 Å². The van der Waals surface area contributed by atoms with Crippen LogP contribution in [0.5, 0.6) is 0 Å². The third-order valence-corrected chi connectivity index (χ3v) is 4.46. The normalized spacial score (nSPS) is 17.7. The topological polar surface area (TPSA) is 48.5 Å². The van der Waals surface area contributed by atoms with Crippen molar-refractivity contribution in [1.82, 2.24) is 20.1 Å². The number of nitrogens with one attached hydrogen (secondary N) is 1. The molecule has 0 aromatic carbocycles. The number of carbonyl (C=O) groups excluding carboxylic acids is 1. The molecule has 0 spiro atoms. The zero-order valence-electron chi connectivity index (χ0n) is 12.9. The monoisotopic (exact) mass is 354 g/mol. The summed E-state index contributed by atoms with van der Waals surface area (Å²) in [6.45, 7) is 9.24. The number of hydrogen-bond donors (Lipinski definition) is 1. The van der Waals surface area contributed by atoms with Gasteiger partial charge in [-0.1, -0.05) is 0 Å². The molecular weight excluding hydrogens is 332 g/mol. The Kier molecular flexibility index (Phi) is 5.35. The Morgan fingerprint density at radius 1 is 1.38 bits per heavy atom. The highest BCUT2D eigenvalue weighted by atomic mass is 79.9. The average Bonchev–Trinajstić information content (AvgIpc) is 2.45. The van der Waals surface area contributed by atoms with E-state index in [1.54, 1.807) is 18.3 Å². The van der Waals surface area contributed by atoms with Crippen molar-refractivity contribution in [3.63, 3.8) is 0 Å². The lowest BCUT2D eigenvalue weighted by Gasteiger charge is -2.43. The van der Waals surface area contributed by atoms with Crippen LogP contribution in [0.3, 0.4) is 0 Å². The molecule has 1 aromatic heterocycles. The van der Waals surface area contributed by atoms with Crippen molar-refractivity contribution < 1.29 is 4.79 Å². The third kappa shape index (κ3) is 4.49. The van der Waals surface area contributed by atoms with E-state index in [9.17, 15) is 4.79 Å². The summed E-state index contributed by atoms with van der Waals surface area (Å²) in [6, 6.07) is 3.46. The molecule has 0 bridgehead atoms. The molecule has 1 aliphatic heterocycles. The maximum atomic E-state index is 12.2. The van der Waals surface area contributed by atoms with Crippen LogP contribution in [0.2, 0.25) is 0 Å². The van der Waals surface area contributed by atoms with Crippen LogP contribution in [0.15, 0.2) is 22.9 Å². The minimum Gasteiger partial charge on any atom is -0.350 e. The molecule has 1 amide bonds. The highest BCUT2D eigenvalue weighted by molar-refractivity contribution is 9.10. The van der Waals surface area contributed by atoms with Gasteiger partial charge >= 0.3 is 0 Å². The summed E-state index contributed by atoms with van der Waals surface area (Å²) in [4.78, 5) is 21.0. The second-order valence-electron chi connectivity index (χ2n) is 6.15. The molecule has 0 atom stereocenters. The molecular formula is C15H23BrN4O. The molecule has 2 rings (SSSR count). The lowest BCUT2D eigenvalue weighted by molar-refractivity contribution is 0.0588. The molecule has 1 aromatic rings. The molecule has 1 N–H and O–H groups in total. The van der Waals surface area contributed by atoms with Crippen LogP contribution in [0.25, 0.3) is 0 Å². The van der Waals surface area contributed by atoms with Crippen molar-refractivity contribution in [2.24, 2.45) is 0 Å². The number of carbonyl (C=O) groups is 1. The van der Waals surface area contributed by atoms with E-state index in [2.05, 4.69) is 56.9 Å². The summed E-state index contributed by atoms with van der Waals surface area (Å²) in [7, 11) is 2.15. The summed E-state index contributed by atoms with van der Waals surface area (Å²) in [5.41, 5.74) is 0.590. The SMILES string of the molecule is CN1CCN(C(C)(C)CNC(=O)c2ccnc(Br)c2)CC1. The Bertz CT molecular complexity index is 498. The van der Waals surface area contributed by atoms with Crippen molar-refractivity contribution in [2.45, 2.75) is 19.4 Å². The Morgan fingerprint density at radius 2 is 2.05 bits per heavy atom. The van der Waals surface area contributed by atoms with E-state index in [-0.39, 0.29) is 11.4 Å². The minimum atomic E-state index is -0.0553. The maximum Gasteiger partial charge on any atom is 0.251 e. The van der Waals surface area contributed by atoms with Gasteiger partial charge in [0.15, 0.2) is 0 Å². The largest absolute Gasteiger partial charge is 0.350 e. The number of piperazine rings is 1. The van der Waals surface area contributed by atoms with Gasteiger partial charge in [-0.05, 0) is 49.0 Å². The Balaban J connectivity index is 1.90. The summed E-state index contributed by atoms with van der Waals surface area (Å²) in [5.74, 6) is -0.0553. The van der Waals surface area contributed by atoms with E-state index in [0.717, 1.165) is 26.2 Å². The summed E-state index contributed by atoms with van der Waals surface area (Å²) < 4.78 is 0.675.